The molecular weight excluding hydrogens is 432 g/mol. The smallest absolute Gasteiger partial charge is 0.342 e. The van der Waals surface area contributed by atoms with Crippen molar-refractivity contribution in [3.05, 3.63) is 51.9 Å². The second-order valence-electron chi connectivity index (χ2n) is 5.74. The Bertz CT molecular complexity index is 1080. The maximum absolute atomic E-state index is 11.8. The zero-order valence-corrected chi connectivity index (χ0v) is 17.8. The summed E-state index contributed by atoms with van der Waals surface area (Å²) in [7, 11) is 4.46. The summed E-state index contributed by atoms with van der Waals surface area (Å²) in [6.45, 7) is 0. The molecule has 0 unspecified atom stereocenters. The van der Waals surface area contributed by atoms with Crippen LogP contribution in [0.5, 0.6) is 17.2 Å². The predicted octanol–water partition coefficient (Wildman–Crippen LogP) is 4.63. The molecule has 1 aromatic heterocycles. The van der Waals surface area contributed by atoms with Crippen molar-refractivity contribution in [2.75, 3.05) is 21.3 Å². The Kier molecular flexibility index (Phi) is 6.86. The van der Waals surface area contributed by atoms with E-state index < -0.39 is 5.97 Å². The first-order chi connectivity index (χ1) is 14.4. The van der Waals surface area contributed by atoms with E-state index >= 15 is 0 Å². The third-order valence-corrected chi connectivity index (χ3v) is 5.03. The van der Waals surface area contributed by atoms with Crippen molar-refractivity contribution in [2.45, 2.75) is 5.22 Å². The highest BCUT2D eigenvalue weighted by molar-refractivity contribution is 8.03. The monoisotopic (exact) mass is 448 g/mol. The Balaban J connectivity index is 1.93. The molecule has 0 bridgehead atoms. The second-order valence-corrected chi connectivity index (χ2v) is 7.17. The van der Waals surface area contributed by atoms with E-state index in [1.54, 1.807) is 36.4 Å². The maximum Gasteiger partial charge on any atom is 0.342 e. The minimum Gasteiger partial charge on any atom is -0.496 e. The van der Waals surface area contributed by atoms with Gasteiger partial charge in [0.1, 0.15) is 10.7 Å². The SMILES string of the molecule is COc1cc(OC)c(OC)cc1/C=C(\Sc1nnc(-c2ccc(Cl)cc2)o1)C(=O)O. The number of hydrogen-bond donors (Lipinski definition) is 1. The van der Waals surface area contributed by atoms with Crippen molar-refractivity contribution in [3.63, 3.8) is 0 Å². The number of ether oxygens (including phenoxy) is 3. The van der Waals surface area contributed by atoms with E-state index in [0.29, 0.717) is 33.4 Å². The summed E-state index contributed by atoms with van der Waals surface area (Å²) in [5.41, 5.74) is 1.15. The molecule has 30 heavy (non-hydrogen) atoms. The number of aromatic nitrogens is 2. The van der Waals surface area contributed by atoms with E-state index in [1.807, 2.05) is 0 Å². The van der Waals surface area contributed by atoms with Crippen molar-refractivity contribution in [3.8, 4) is 28.7 Å². The number of aliphatic carboxylic acids is 1. The molecule has 0 fully saturated rings. The number of benzene rings is 2. The molecule has 0 atom stereocenters. The van der Waals surface area contributed by atoms with Crippen molar-refractivity contribution in [2.24, 2.45) is 0 Å². The fourth-order valence-electron chi connectivity index (χ4n) is 2.50. The number of rotatable bonds is 8. The van der Waals surface area contributed by atoms with Gasteiger partial charge in [0.15, 0.2) is 11.5 Å². The van der Waals surface area contributed by atoms with Gasteiger partial charge < -0.3 is 23.7 Å². The molecule has 3 aromatic rings. The molecule has 0 saturated heterocycles. The molecule has 1 heterocycles. The molecule has 10 heteroatoms. The number of carbonyl (C=O) groups is 1. The van der Waals surface area contributed by atoms with Crippen LogP contribution in [0.4, 0.5) is 0 Å². The van der Waals surface area contributed by atoms with Crippen molar-refractivity contribution < 1.29 is 28.5 Å². The normalized spacial score (nSPS) is 11.3. The van der Waals surface area contributed by atoms with E-state index in [1.165, 1.54) is 27.4 Å². The molecule has 0 radical (unpaired) electrons. The van der Waals surface area contributed by atoms with Crippen LogP contribution >= 0.6 is 23.4 Å². The summed E-state index contributed by atoms with van der Waals surface area (Å²) in [6, 6.07) is 10.1. The van der Waals surface area contributed by atoms with Crippen LogP contribution in [0.25, 0.3) is 17.5 Å². The van der Waals surface area contributed by atoms with Gasteiger partial charge in [0.25, 0.3) is 5.22 Å². The topological polar surface area (TPSA) is 104 Å². The molecule has 0 spiro atoms. The number of carboxylic acids is 1. The second kappa shape index (κ2) is 9.55. The first kappa shape index (κ1) is 21.5. The molecule has 0 amide bonds. The van der Waals surface area contributed by atoms with Gasteiger partial charge in [0.2, 0.25) is 5.89 Å². The van der Waals surface area contributed by atoms with Crippen molar-refractivity contribution in [1.29, 1.82) is 0 Å². The van der Waals surface area contributed by atoms with Crippen LogP contribution in [0.3, 0.4) is 0 Å². The third kappa shape index (κ3) is 4.87. The number of carboxylic acid groups (broad SMARTS) is 1. The number of nitrogens with zero attached hydrogens (tertiary/aromatic N) is 2. The zero-order valence-electron chi connectivity index (χ0n) is 16.2. The summed E-state index contributed by atoms with van der Waals surface area (Å²) in [6.07, 6.45) is 1.43. The molecule has 0 aliphatic carbocycles. The molecule has 0 aliphatic rings. The Labute approximate surface area is 181 Å². The van der Waals surface area contributed by atoms with Gasteiger partial charge in [0, 0.05) is 22.2 Å². The lowest BCUT2D eigenvalue weighted by atomic mass is 10.1. The highest BCUT2D eigenvalue weighted by Crippen LogP contribution is 2.37. The maximum atomic E-state index is 11.8. The van der Waals surface area contributed by atoms with E-state index in [9.17, 15) is 9.90 Å². The lowest BCUT2D eigenvalue weighted by molar-refractivity contribution is -0.131. The van der Waals surface area contributed by atoms with Gasteiger partial charge >= 0.3 is 5.97 Å². The average Bonchev–Trinajstić information content (AvgIpc) is 3.21. The molecule has 156 valence electrons. The zero-order chi connectivity index (χ0) is 21.7. The van der Waals surface area contributed by atoms with E-state index in [0.717, 1.165) is 11.8 Å². The first-order valence-corrected chi connectivity index (χ1v) is 9.67. The highest BCUT2D eigenvalue weighted by Gasteiger charge is 2.18. The molecule has 0 aliphatic heterocycles. The van der Waals surface area contributed by atoms with Crippen molar-refractivity contribution >= 4 is 35.4 Å². The van der Waals surface area contributed by atoms with Crippen LogP contribution in [0.1, 0.15) is 5.56 Å². The highest BCUT2D eigenvalue weighted by atomic mass is 35.5. The van der Waals surface area contributed by atoms with Crippen LogP contribution in [0.15, 0.2) is 50.9 Å². The largest absolute Gasteiger partial charge is 0.496 e. The van der Waals surface area contributed by atoms with Gasteiger partial charge in [0.05, 0.1) is 21.3 Å². The Morgan fingerprint density at radius 2 is 1.67 bits per heavy atom. The van der Waals surface area contributed by atoms with Gasteiger partial charge in [-0.05, 0) is 48.2 Å². The van der Waals surface area contributed by atoms with Crippen LogP contribution in [-0.2, 0) is 4.79 Å². The van der Waals surface area contributed by atoms with Crippen LogP contribution < -0.4 is 14.2 Å². The summed E-state index contributed by atoms with van der Waals surface area (Å²) >= 11 is 6.70. The molecule has 0 saturated carbocycles. The van der Waals surface area contributed by atoms with Gasteiger partial charge in [-0.25, -0.2) is 4.79 Å². The van der Waals surface area contributed by atoms with E-state index in [4.69, 9.17) is 30.2 Å². The minimum absolute atomic E-state index is 0.0492. The molecular formula is C20H17ClN2O6S. The molecule has 1 N–H and O–H groups in total. The lowest BCUT2D eigenvalue weighted by Gasteiger charge is -2.12. The Morgan fingerprint density at radius 1 is 1.03 bits per heavy atom. The Hall–Kier alpha value is -3.17. The fraction of sp³-hybridized carbons (Fsp3) is 0.150. The molecule has 2 aromatic carbocycles. The summed E-state index contributed by atoms with van der Waals surface area (Å²) in [5.74, 6) is 0.396. The quantitative estimate of drug-likeness (QED) is 0.390. The van der Waals surface area contributed by atoms with Crippen molar-refractivity contribution in [1.82, 2.24) is 10.2 Å². The average molecular weight is 449 g/mol. The van der Waals surface area contributed by atoms with Gasteiger partial charge in [-0.1, -0.05) is 11.6 Å². The Morgan fingerprint density at radius 3 is 2.27 bits per heavy atom. The molecule has 3 rings (SSSR count). The fourth-order valence-corrected chi connectivity index (χ4v) is 3.29. The minimum atomic E-state index is -1.16. The van der Waals surface area contributed by atoms with Crippen LogP contribution in [0, 0.1) is 0 Å². The van der Waals surface area contributed by atoms with Crippen LogP contribution in [0.2, 0.25) is 5.02 Å². The predicted molar refractivity (Wildman–Crippen MR) is 112 cm³/mol. The summed E-state index contributed by atoms with van der Waals surface area (Å²) in [5, 5.41) is 18.2. The van der Waals surface area contributed by atoms with Gasteiger partial charge in [-0.15, -0.1) is 10.2 Å². The summed E-state index contributed by atoms with van der Waals surface area (Å²) in [4.78, 5) is 11.8. The third-order valence-electron chi connectivity index (χ3n) is 3.93. The standard InChI is InChI=1S/C20H17ClN2O6S/c1-26-14-10-16(28-3)15(27-2)8-12(14)9-17(19(24)25)30-20-23-22-18(29-20)11-4-6-13(21)7-5-11/h4-10H,1-3H3,(H,24,25)/b17-9-. The number of thioether (sulfide) groups is 1. The van der Waals surface area contributed by atoms with Gasteiger partial charge in [-0.3, -0.25) is 0 Å². The number of hydrogen-bond acceptors (Lipinski definition) is 8. The van der Waals surface area contributed by atoms with Crippen LogP contribution in [-0.4, -0.2) is 42.6 Å². The summed E-state index contributed by atoms with van der Waals surface area (Å²) < 4.78 is 21.5. The molecule has 8 nitrogen and oxygen atoms in total. The lowest BCUT2D eigenvalue weighted by Crippen LogP contribution is -1.99. The van der Waals surface area contributed by atoms with E-state index in [-0.39, 0.29) is 16.0 Å². The van der Waals surface area contributed by atoms with Gasteiger partial charge in [-0.2, -0.15) is 0 Å². The van der Waals surface area contributed by atoms with E-state index in [2.05, 4.69) is 10.2 Å². The number of halogens is 1. The number of methoxy groups -OCH3 is 3. The first-order valence-electron chi connectivity index (χ1n) is 8.47.